The van der Waals surface area contributed by atoms with Gasteiger partial charge in [-0.25, -0.2) is 4.98 Å². The molecule has 5 nitrogen and oxygen atoms in total. The molecular formula is C26H27N3O2. The van der Waals surface area contributed by atoms with Gasteiger partial charge in [0.15, 0.2) is 0 Å². The number of rotatable bonds is 7. The molecule has 158 valence electrons. The van der Waals surface area contributed by atoms with Crippen LogP contribution in [-0.2, 0) is 17.8 Å². The maximum atomic E-state index is 12.7. The van der Waals surface area contributed by atoms with Crippen LogP contribution in [0.1, 0.15) is 35.5 Å². The van der Waals surface area contributed by atoms with E-state index in [-0.39, 0.29) is 11.9 Å². The molecule has 0 bridgehead atoms. The Bertz CT molecular complexity index is 1190. The number of amides is 1. The van der Waals surface area contributed by atoms with Crippen molar-refractivity contribution in [3.8, 4) is 5.75 Å². The van der Waals surface area contributed by atoms with E-state index in [1.165, 1.54) is 11.1 Å². The van der Waals surface area contributed by atoms with E-state index < -0.39 is 0 Å². The molecule has 1 N–H and O–H groups in total. The van der Waals surface area contributed by atoms with Gasteiger partial charge < -0.3 is 14.6 Å². The molecule has 0 aliphatic heterocycles. The minimum absolute atomic E-state index is 0.0350. The number of nitrogens with one attached hydrogen (secondary N) is 1. The van der Waals surface area contributed by atoms with Crippen LogP contribution in [0, 0.1) is 6.92 Å². The quantitative estimate of drug-likeness (QED) is 0.473. The standard InChI is InChI=1S/C26H27N3O2/c1-18-8-4-5-9-21(18)17-29-24-11-7-6-10-23(24)28-26(29)19(2)27-25(30)16-20-12-14-22(31-3)15-13-20/h4-15,19H,16-17H2,1-3H3,(H,27,30). The molecule has 0 fully saturated rings. The molecule has 0 aliphatic rings. The summed E-state index contributed by atoms with van der Waals surface area (Å²) in [6.07, 6.45) is 0.312. The summed E-state index contributed by atoms with van der Waals surface area (Å²) in [6, 6.07) is 23.8. The zero-order valence-electron chi connectivity index (χ0n) is 18.1. The van der Waals surface area contributed by atoms with Crippen LogP contribution in [0.5, 0.6) is 5.75 Å². The van der Waals surface area contributed by atoms with Gasteiger partial charge in [0.05, 0.1) is 30.6 Å². The molecule has 1 amide bonds. The van der Waals surface area contributed by atoms with Crippen molar-refractivity contribution in [1.82, 2.24) is 14.9 Å². The summed E-state index contributed by atoms with van der Waals surface area (Å²) in [5, 5.41) is 3.12. The fraction of sp³-hybridized carbons (Fsp3) is 0.231. The predicted molar refractivity (Wildman–Crippen MR) is 123 cm³/mol. The lowest BCUT2D eigenvalue weighted by molar-refractivity contribution is -0.121. The Hall–Kier alpha value is -3.60. The molecule has 0 radical (unpaired) electrons. The molecule has 0 saturated carbocycles. The summed E-state index contributed by atoms with van der Waals surface area (Å²) in [4.78, 5) is 17.6. The maximum Gasteiger partial charge on any atom is 0.224 e. The van der Waals surface area contributed by atoms with Gasteiger partial charge in [0.1, 0.15) is 11.6 Å². The van der Waals surface area contributed by atoms with Gasteiger partial charge in [-0.05, 0) is 54.8 Å². The highest BCUT2D eigenvalue weighted by Crippen LogP contribution is 2.23. The van der Waals surface area contributed by atoms with Crippen molar-refractivity contribution in [1.29, 1.82) is 0 Å². The second kappa shape index (κ2) is 9.04. The molecule has 4 aromatic rings. The van der Waals surface area contributed by atoms with Gasteiger partial charge in [0.25, 0.3) is 0 Å². The number of nitrogens with zero attached hydrogens (tertiary/aromatic N) is 2. The first kappa shape index (κ1) is 20.7. The molecule has 0 spiro atoms. The van der Waals surface area contributed by atoms with Crippen LogP contribution >= 0.6 is 0 Å². The summed E-state index contributed by atoms with van der Waals surface area (Å²) in [5.74, 6) is 1.60. The van der Waals surface area contributed by atoms with Gasteiger partial charge in [-0.15, -0.1) is 0 Å². The van der Waals surface area contributed by atoms with Gasteiger partial charge in [0, 0.05) is 6.54 Å². The molecule has 1 aromatic heterocycles. The van der Waals surface area contributed by atoms with E-state index in [1.807, 2.05) is 55.5 Å². The van der Waals surface area contributed by atoms with Gasteiger partial charge in [-0.2, -0.15) is 0 Å². The Balaban J connectivity index is 1.57. The van der Waals surface area contributed by atoms with E-state index >= 15 is 0 Å². The maximum absolute atomic E-state index is 12.7. The van der Waals surface area contributed by atoms with Crippen LogP contribution in [0.25, 0.3) is 11.0 Å². The predicted octanol–water partition coefficient (Wildman–Crippen LogP) is 4.82. The summed E-state index contributed by atoms with van der Waals surface area (Å²) < 4.78 is 7.39. The minimum Gasteiger partial charge on any atom is -0.497 e. The smallest absolute Gasteiger partial charge is 0.224 e. The van der Waals surface area contributed by atoms with Gasteiger partial charge >= 0.3 is 0 Å². The number of carbonyl (C=O) groups is 1. The highest BCUT2D eigenvalue weighted by atomic mass is 16.5. The number of aryl methyl sites for hydroxylation is 1. The number of benzene rings is 3. The second-order valence-corrected chi connectivity index (χ2v) is 7.79. The van der Waals surface area contributed by atoms with Crippen LogP contribution in [0.4, 0.5) is 0 Å². The molecule has 5 heteroatoms. The lowest BCUT2D eigenvalue weighted by Crippen LogP contribution is -2.30. The van der Waals surface area contributed by atoms with E-state index in [4.69, 9.17) is 9.72 Å². The van der Waals surface area contributed by atoms with Crippen LogP contribution < -0.4 is 10.1 Å². The van der Waals surface area contributed by atoms with Crippen molar-refractivity contribution in [2.45, 2.75) is 32.9 Å². The number of ether oxygens (including phenoxy) is 1. The Kier molecular flexibility index (Phi) is 6.03. The minimum atomic E-state index is -0.220. The fourth-order valence-electron chi connectivity index (χ4n) is 3.83. The lowest BCUT2D eigenvalue weighted by Gasteiger charge is -2.17. The van der Waals surface area contributed by atoms with Crippen LogP contribution in [-0.4, -0.2) is 22.6 Å². The number of fused-ring (bicyclic) bond motifs is 1. The molecule has 0 aliphatic carbocycles. The topological polar surface area (TPSA) is 56.1 Å². The highest BCUT2D eigenvalue weighted by Gasteiger charge is 2.19. The van der Waals surface area contributed by atoms with Crippen LogP contribution in [0.3, 0.4) is 0 Å². The number of hydrogen-bond acceptors (Lipinski definition) is 3. The molecule has 1 heterocycles. The summed E-state index contributed by atoms with van der Waals surface area (Å²) in [6.45, 7) is 4.82. The molecule has 1 unspecified atom stereocenters. The van der Waals surface area contributed by atoms with Crippen LogP contribution in [0.2, 0.25) is 0 Å². The third kappa shape index (κ3) is 4.61. The Morgan fingerprint density at radius 2 is 1.74 bits per heavy atom. The number of imidazole rings is 1. The Morgan fingerprint density at radius 3 is 2.48 bits per heavy atom. The van der Waals surface area contributed by atoms with Crippen molar-refractivity contribution >= 4 is 16.9 Å². The summed E-state index contributed by atoms with van der Waals surface area (Å²) >= 11 is 0. The Morgan fingerprint density at radius 1 is 1.03 bits per heavy atom. The zero-order valence-corrected chi connectivity index (χ0v) is 18.1. The average Bonchev–Trinajstić information content (AvgIpc) is 3.14. The highest BCUT2D eigenvalue weighted by molar-refractivity contribution is 5.80. The third-order valence-corrected chi connectivity index (χ3v) is 5.56. The molecule has 0 saturated heterocycles. The van der Waals surface area contributed by atoms with Gasteiger partial charge in [0.2, 0.25) is 5.91 Å². The summed E-state index contributed by atoms with van der Waals surface area (Å²) in [7, 11) is 1.63. The lowest BCUT2D eigenvalue weighted by atomic mass is 10.1. The van der Waals surface area contributed by atoms with Gasteiger partial charge in [-0.3, -0.25) is 4.79 Å². The van der Waals surface area contributed by atoms with Crippen molar-refractivity contribution in [2.24, 2.45) is 0 Å². The number of aromatic nitrogens is 2. The SMILES string of the molecule is COc1ccc(CC(=O)NC(C)c2nc3ccccc3n2Cc2ccccc2C)cc1. The Labute approximate surface area is 182 Å². The first-order valence-electron chi connectivity index (χ1n) is 10.5. The largest absolute Gasteiger partial charge is 0.497 e. The molecule has 4 rings (SSSR count). The van der Waals surface area contributed by atoms with E-state index in [9.17, 15) is 4.79 Å². The van der Waals surface area contributed by atoms with E-state index in [0.29, 0.717) is 13.0 Å². The van der Waals surface area contributed by atoms with Crippen molar-refractivity contribution in [3.05, 3.63) is 95.3 Å². The van der Waals surface area contributed by atoms with E-state index in [0.717, 1.165) is 28.2 Å². The number of para-hydroxylation sites is 2. The van der Waals surface area contributed by atoms with Crippen LogP contribution in [0.15, 0.2) is 72.8 Å². The molecule has 3 aromatic carbocycles. The second-order valence-electron chi connectivity index (χ2n) is 7.79. The average molecular weight is 414 g/mol. The van der Waals surface area contributed by atoms with E-state index in [1.54, 1.807) is 7.11 Å². The zero-order chi connectivity index (χ0) is 21.8. The molecule has 31 heavy (non-hydrogen) atoms. The first-order chi connectivity index (χ1) is 15.0. The van der Waals surface area contributed by atoms with Crippen molar-refractivity contribution in [2.75, 3.05) is 7.11 Å². The monoisotopic (exact) mass is 413 g/mol. The fourth-order valence-corrected chi connectivity index (χ4v) is 3.83. The third-order valence-electron chi connectivity index (χ3n) is 5.56. The normalized spacial score (nSPS) is 12.0. The van der Waals surface area contributed by atoms with Gasteiger partial charge in [-0.1, -0.05) is 48.5 Å². The van der Waals surface area contributed by atoms with Crippen molar-refractivity contribution < 1.29 is 9.53 Å². The summed E-state index contributed by atoms with van der Waals surface area (Å²) in [5.41, 5.74) is 5.42. The number of methoxy groups -OCH3 is 1. The molecule has 1 atom stereocenters. The first-order valence-corrected chi connectivity index (χ1v) is 10.5. The van der Waals surface area contributed by atoms with E-state index in [2.05, 4.69) is 41.1 Å². The van der Waals surface area contributed by atoms with Crippen molar-refractivity contribution in [3.63, 3.8) is 0 Å². The number of hydrogen-bond donors (Lipinski definition) is 1. The number of carbonyl (C=O) groups excluding carboxylic acids is 1. The molecular weight excluding hydrogens is 386 g/mol.